The average Bonchev–Trinajstić information content (AvgIpc) is 3.49. The van der Waals surface area contributed by atoms with Crippen LogP contribution >= 0.6 is 0 Å². The topological polar surface area (TPSA) is 126 Å². The molecule has 0 unspecified atom stereocenters. The number of fused-ring (bicyclic) bond motifs is 1. The lowest BCUT2D eigenvalue weighted by Crippen LogP contribution is -2.43. The standard InChI is InChI=1S/C34H32F4N6O5S/c1-21(22-5-10-25(35)11-6-22)19-42(32(46)34(36,37)38)26-12-7-23(8-13-26)24-9-16-30-40-33(41-43(30)20-24)44(31(45)18-39-2)28-15-14-27(50(4,47)48)17-29(28)49-3/h5-17,20-21,39H,18-19H2,1-4H3/t21-/m0/s1. The van der Waals surface area contributed by atoms with Gasteiger partial charge >= 0.3 is 12.1 Å². The van der Waals surface area contributed by atoms with Crippen LogP contribution in [0.25, 0.3) is 16.8 Å². The Morgan fingerprint density at radius 2 is 1.64 bits per heavy atom. The van der Waals surface area contributed by atoms with Gasteiger partial charge in [-0.25, -0.2) is 22.2 Å². The summed E-state index contributed by atoms with van der Waals surface area (Å²) in [4.78, 5) is 32.1. The van der Waals surface area contributed by atoms with Crippen LogP contribution in [0.1, 0.15) is 18.4 Å². The number of benzene rings is 3. The second-order valence-electron chi connectivity index (χ2n) is 11.4. The first-order chi connectivity index (χ1) is 23.6. The lowest BCUT2D eigenvalue weighted by atomic mass is 10.00. The summed E-state index contributed by atoms with van der Waals surface area (Å²) < 4.78 is 85.4. The largest absolute Gasteiger partial charge is 0.495 e. The molecule has 2 amide bonds. The number of nitrogens with one attached hydrogen (secondary N) is 1. The Hall–Kier alpha value is -5.35. The molecule has 2 heterocycles. The number of aromatic nitrogens is 3. The second-order valence-corrected chi connectivity index (χ2v) is 13.4. The van der Waals surface area contributed by atoms with E-state index in [-0.39, 0.29) is 41.1 Å². The highest BCUT2D eigenvalue weighted by Crippen LogP contribution is 2.35. The minimum absolute atomic E-state index is 0.00832. The van der Waals surface area contributed by atoms with Gasteiger partial charge in [0.2, 0.25) is 5.91 Å². The summed E-state index contributed by atoms with van der Waals surface area (Å²) in [5.41, 5.74) is 2.32. The van der Waals surface area contributed by atoms with E-state index in [2.05, 4.69) is 15.4 Å². The van der Waals surface area contributed by atoms with Gasteiger partial charge in [0.25, 0.3) is 5.95 Å². The zero-order chi connectivity index (χ0) is 36.4. The Morgan fingerprint density at radius 1 is 0.980 bits per heavy atom. The van der Waals surface area contributed by atoms with Crippen molar-refractivity contribution in [3.63, 3.8) is 0 Å². The molecule has 0 fully saturated rings. The fraction of sp³-hybridized carbons (Fsp3) is 0.235. The molecule has 1 N–H and O–H groups in total. The summed E-state index contributed by atoms with van der Waals surface area (Å²) in [5.74, 6) is -3.45. The number of methoxy groups -OCH3 is 1. The van der Waals surface area contributed by atoms with E-state index in [9.17, 15) is 35.6 Å². The van der Waals surface area contributed by atoms with Crippen molar-refractivity contribution in [2.75, 3.05) is 43.3 Å². The number of hydrogen-bond donors (Lipinski definition) is 1. The summed E-state index contributed by atoms with van der Waals surface area (Å²) in [6.07, 6.45) is -2.46. The molecule has 0 aliphatic heterocycles. The molecule has 0 aliphatic rings. The first kappa shape index (κ1) is 35.9. The van der Waals surface area contributed by atoms with Crippen LogP contribution in [0.2, 0.25) is 0 Å². The lowest BCUT2D eigenvalue weighted by molar-refractivity contribution is -0.170. The maximum atomic E-state index is 13.6. The molecular weight excluding hydrogens is 680 g/mol. The van der Waals surface area contributed by atoms with Gasteiger partial charge in [0.1, 0.15) is 11.6 Å². The molecular formula is C34H32F4N6O5S. The van der Waals surface area contributed by atoms with Gasteiger partial charge in [-0.2, -0.15) is 18.2 Å². The van der Waals surface area contributed by atoms with Gasteiger partial charge in [-0.1, -0.05) is 31.2 Å². The quantitative estimate of drug-likeness (QED) is 0.177. The van der Waals surface area contributed by atoms with E-state index in [0.717, 1.165) is 6.26 Å². The Bertz CT molecular complexity index is 2140. The molecule has 2 aromatic heterocycles. The number of hydrogen-bond acceptors (Lipinski definition) is 8. The molecule has 0 radical (unpaired) electrons. The van der Waals surface area contributed by atoms with Crippen LogP contribution in [0.4, 0.5) is 34.9 Å². The molecule has 0 bridgehead atoms. The first-order valence-electron chi connectivity index (χ1n) is 15.1. The Morgan fingerprint density at radius 3 is 2.24 bits per heavy atom. The number of rotatable bonds is 11. The van der Waals surface area contributed by atoms with Crippen LogP contribution in [0.3, 0.4) is 0 Å². The number of amides is 2. The molecule has 5 aromatic rings. The third kappa shape index (κ3) is 7.76. The molecule has 0 saturated carbocycles. The molecule has 0 saturated heterocycles. The Kier molecular flexibility index (Phi) is 10.2. The molecule has 16 heteroatoms. The third-order valence-electron chi connectivity index (χ3n) is 7.81. The monoisotopic (exact) mass is 712 g/mol. The van der Waals surface area contributed by atoms with Crippen molar-refractivity contribution < 1.29 is 40.3 Å². The van der Waals surface area contributed by atoms with Gasteiger partial charge in [-0.05, 0) is 72.6 Å². The van der Waals surface area contributed by atoms with E-state index in [1.807, 2.05) is 0 Å². The van der Waals surface area contributed by atoms with Gasteiger partial charge in [0.05, 0.1) is 24.2 Å². The molecule has 0 spiro atoms. The zero-order valence-corrected chi connectivity index (χ0v) is 28.1. The smallest absolute Gasteiger partial charge is 0.471 e. The van der Waals surface area contributed by atoms with Crippen molar-refractivity contribution in [2.45, 2.75) is 23.9 Å². The highest BCUT2D eigenvalue weighted by Gasteiger charge is 2.43. The summed E-state index contributed by atoms with van der Waals surface area (Å²) in [7, 11) is -0.653. The number of halogens is 4. The fourth-order valence-electron chi connectivity index (χ4n) is 5.26. The molecule has 50 heavy (non-hydrogen) atoms. The summed E-state index contributed by atoms with van der Waals surface area (Å²) in [6.45, 7) is 1.23. The van der Waals surface area contributed by atoms with E-state index in [1.54, 1.807) is 44.4 Å². The number of nitrogens with zero attached hydrogens (tertiary/aromatic N) is 5. The highest BCUT2D eigenvalue weighted by atomic mass is 32.2. The average molecular weight is 713 g/mol. The summed E-state index contributed by atoms with van der Waals surface area (Å²) in [6, 6.07) is 18.7. The van der Waals surface area contributed by atoms with Crippen LogP contribution in [0, 0.1) is 5.82 Å². The van der Waals surface area contributed by atoms with Gasteiger partial charge in [-0.15, -0.1) is 5.10 Å². The molecule has 5 rings (SSSR count). The van der Waals surface area contributed by atoms with E-state index in [0.29, 0.717) is 27.2 Å². The van der Waals surface area contributed by atoms with Gasteiger partial charge in [0.15, 0.2) is 15.5 Å². The van der Waals surface area contributed by atoms with E-state index in [1.165, 1.54) is 71.1 Å². The van der Waals surface area contributed by atoms with Crippen LogP contribution < -0.4 is 19.9 Å². The predicted octanol–water partition coefficient (Wildman–Crippen LogP) is 5.53. The minimum atomic E-state index is -5.13. The normalized spacial score (nSPS) is 12.5. The van der Waals surface area contributed by atoms with Crippen molar-refractivity contribution >= 4 is 44.6 Å². The van der Waals surface area contributed by atoms with Gasteiger partial charge in [-0.3, -0.25) is 9.59 Å². The van der Waals surface area contributed by atoms with Crippen LogP contribution in [-0.2, 0) is 19.4 Å². The summed E-state index contributed by atoms with van der Waals surface area (Å²) >= 11 is 0. The molecule has 0 aliphatic carbocycles. The van der Waals surface area contributed by atoms with Gasteiger partial charge < -0.3 is 15.0 Å². The third-order valence-corrected chi connectivity index (χ3v) is 8.92. The van der Waals surface area contributed by atoms with Crippen molar-refractivity contribution in [1.82, 2.24) is 19.9 Å². The number of pyridine rings is 1. The SMILES string of the molecule is CNCC(=O)N(c1nc2ccc(-c3ccc(N(C[C@H](C)c4ccc(F)cc4)C(=O)C(F)(F)F)cc3)cn2n1)c1ccc(S(C)(=O)=O)cc1OC. The van der Waals surface area contributed by atoms with Crippen LogP contribution in [0.5, 0.6) is 5.75 Å². The number of carbonyl (C=O) groups excluding carboxylic acids is 2. The number of alkyl halides is 3. The van der Waals surface area contributed by atoms with E-state index < -0.39 is 39.6 Å². The van der Waals surface area contributed by atoms with E-state index >= 15 is 0 Å². The highest BCUT2D eigenvalue weighted by molar-refractivity contribution is 7.90. The first-order valence-corrected chi connectivity index (χ1v) is 17.0. The fourth-order valence-corrected chi connectivity index (χ4v) is 5.89. The van der Waals surface area contributed by atoms with Crippen molar-refractivity contribution in [1.29, 1.82) is 0 Å². The van der Waals surface area contributed by atoms with Gasteiger partial charge in [0, 0.05) is 36.3 Å². The van der Waals surface area contributed by atoms with Crippen LogP contribution in [-0.4, -0.2) is 74.5 Å². The number of carbonyl (C=O) groups is 2. The Labute approximate surface area is 285 Å². The minimum Gasteiger partial charge on any atom is -0.495 e. The number of sulfone groups is 1. The molecule has 3 aromatic carbocycles. The number of ether oxygens (including phenoxy) is 1. The predicted molar refractivity (Wildman–Crippen MR) is 179 cm³/mol. The summed E-state index contributed by atoms with van der Waals surface area (Å²) in [5, 5.41) is 7.28. The van der Waals surface area contributed by atoms with Crippen molar-refractivity contribution in [2.24, 2.45) is 0 Å². The molecule has 1 atom stereocenters. The Balaban J connectivity index is 1.47. The zero-order valence-electron chi connectivity index (χ0n) is 27.3. The number of anilines is 3. The van der Waals surface area contributed by atoms with Crippen molar-refractivity contribution in [3.05, 3.63) is 96.4 Å². The maximum Gasteiger partial charge on any atom is 0.471 e. The number of likely N-dealkylation sites (N-methyl/N-ethyl adjacent to an activating group) is 1. The molecule has 262 valence electrons. The van der Waals surface area contributed by atoms with Crippen molar-refractivity contribution in [3.8, 4) is 16.9 Å². The second kappa shape index (κ2) is 14.2. The lowest BCUT2D eigenvalue weighted by Gasteiger charge is -2.27. The van der Waals surface area contributed by atoms with E-state index in [4.69, 9.17) is 4.74 Å². The maximum absolute atomic E-state index is 13.6. The van der Waals surface area contributed by atoms with Crippen LogP contribution in [0.15, 0.2) is 90.0 Å². The molecule has 11 nitrogen and oxygen atoms in total.